The minimum Gasteiger partial charge on any atom is -0.383 e. The lowest BCUT2D eigenvalue weighted by Crippen LogP contribution is -2.31. The quantitative estimate of drug-likeness (QED) is 0.875. The van der Waals surface area contributed by atoms with Crippen LogP contribution in [0.25, 0.3) is 0 Å². The van der Waals surface area contributed by atoms with Gasteiger partial charge in [0.25, 0.3) is 0 Å². The van der Waals surface area contributed by atoms with Crippen molar-refractivity contribution in [3.63, 3.8) is 0 Å². The summed E-state index contributed by atoms with van der Waals surface area (Å²) in [6, 6.07) is 8.08. The Labute approximate surface area is 108 Å². The van der Waals surface area contributed by atoms with Gasteiger partial charge in [0, 0.05) is 19.1 Å². The highest BCUT2D eigenvalue weighted by Crippen LogP contribution is 2.22. The molecular formula is C13H18ClN3. The Morgan fingerprint density at radius 1 is 1.47 bits per heavy atom. The van der Waals surface area contributed by atoms with Crippen molar-refractivity contribution >= 4 is 17.3 Å². The zero-order chi connectivity index (χ0) is 12.8. The summed E-state index contributed by atoms with van der Waals surface area (Å²) in [5, 5.41) is 12.7. The third-order valence-electron chi connectivity index (χ3n) is 2.79. The molecule has 0 saturated heterocycles. The van der Waals surface area contributed by atoms with Gasteiger partial charge in [-0.05, 0) is 33.0 Å². The van der Waals surface area contributed by atoms with E-state index < -0.39 is 0 Å². The van der Waals surface area contributed by atoms with Gasteiger partial charge in [-0.25, -0.2) is 0 Å². The lowest BCUT2D eigenvalue weighted by atomic mass is 10.2. The average molecular weight is 252 g/mol. The Morgan fingerprint density at radius 2 is 2.18 bits per heavy atom. The van der Waals surface area contributed by atoms with Gasteiger partial charge in [-0.2, -0.15) is 5.26 Å². The Morgan fingerprint density at radius 3 is 2.76 bits per heavy atom. The molecule has 0 unspecified atom stereocenters. The molecule has 0 saturated carbocycles. The first-order valence-electron chi connectivity index (χ1n) is 5.69. The molecule has 0 fully saturated rings. The van der Waals surface area contributed by atoms with Gasteiger partial charge in [0.05, 0.1) is 16.3 Å². The summed E-state index contributed by atoms with van der Waals surface area (Å²) in [4.78, 5) is 2.24. The fourth-order valence-electron chi connectivity index (χ4n) is 1.41. The van der Waals surface area contributed by atoms with Crippen molar-refractivity contribution in [1.82, 2.24) is 4.90 Å². The third-order valence-corrected chi connectivity index (χ3v) is 3.10. The number of nitrogens with zero attached hydrogens (tertiary/aromatic N) is 2. The summed E-state index contributed by atoms with van der Waals surface area (Å²) < 4.78 is 0. The molecule has 0 heterocycles. The maximum absolute atomic E-state index is 9.01. The molecule has 3 nitrogen and oxygen atoms in total. The molecule has 1 aromatic carbocycles. The van der Waals surface area contributed by atoms with E-state index in [9.17, 15) is 0 Å². The Hall–Kier alpha value is -1.24. The van der Waals surface area contributed by atoms with E-state index in [1.165, 1.54) is 0 Å². The molecule has 1 rings (SSSR count). The number of anilines is 1. The molecule has 0 spiro atoms. The fourth-order valence-corrected chi connectivity index (χ4v) is 1.63. The predicted molar refractivity (Wildman–Crippen MR) is 72.4 cm³/mol. The highest BCUT2D eigenvalue weighted by Gasteiger charge is 2.06. The molecule has 0 aromatic heterocycles. The van der Waals surface area contributed by atoms with Crippen LogP contribution in [0.1, 0.15) is 19.4 Å². The summed E-state index contributed by atoms with van der Waals surface area (Å²) >= 11 is 5.95. The number of nitrogens with one attached hydrogen (secondary N) is 1. The van der Waals surface area contributed by atoms with Gasteiger partial charge in [-0.1, -0.05) is 17.7 Å². The van der Waals surface area contributed by atoms with Crippen LogP contribution < -0.4 is 5.32 Å². The number of benzene rings is 1. The molecule has 0 amide bonds. The van der Waals surface area contributed by atoms with Crippen molar-refractivity contribution in [2.45, 2.75) is 19.9 Å². The van der Waals surface area contributed by atoms with Gasteiger partial charge in [0.1, 0.15) is 6.07 Å². The van der Waals surface area contributed by atoms with Crippen molar-refractivity contribution < 1.29 is 0 Å². The zero-order valence-electron chi connectivity index (χ0n) is 10.5. The zero-order valence-corrected chi connectivity index (χ0v) is 11.3. The van der Waals surface area contributed by atoms with Crippen LogP contribution in [0, 0.1) is 11.3 Å². The van der Waals surface area contributed by atoms with Crippen molar-refractivity contribution in [2.24, 2.45) is 0 Å². The molecule has 92 valence electrons. The van der Waals surface area contributed by atoms with E-state index in [4.69, 9.17) is 16.9 Å². The van der Waals surface area contributed by atoms with Crippen molar-refractivity contribution in [3.05, 3.63) is 28.8 Å². The van der Waals surface area contributed by atoms with Crippen LogP contribution in [-0.2, 0) is 0 Å². The Balaban J connectivity index is 2.59. The molecule has 0 radical (unpaired) electrons. The predicted octanol–water partition coefficient (Wildman–Crippen LogP) is 2.96. The summed E-state index contributed by atoms with van der Waals surface area (Å²) in [7, 11) is 2.08. The second-order valence-electron chi connectivity index (χ2n) is 4.28. The smallest absolute Gasteiger partial charge is 0.103 e. The summed E-state index contributed by atoms with van der Waals surface area (Å²) in [5.41, 5.74) is 1.32. The van der Waals surface area contributed by atoms with Crippen LogP contribution in [0.2, 0.25) is 5.02 Å². The van der Waals surface area contributed by atoms with E-state index in [1.807, 2.05) is 12.1 Å². The first kappa shape index (κ1) is 13.8. The molecular weight excluding hydrogens is 234 g/mol. The van der Waals surface area contributed by atoms with Crippen molar-refractivity contribution in [1.29, 1.82) is 5.26 Å². The van der Waals surface area contributed by atoms with Gasteiger partial charge >= 0.3 is 0 Å². The molecule has 0 atom stereocenters. The number of likely N-dealkylation sites (N-methyl/N-ethyl adjacent to an activating group) is 1. The number of hydrogen-bond acceptors (Lipinski definition) is 3. The molecule has 4 heteroatoms. The monoisotopic (exact) mass is 251 g/mol. The third kappa shape index (κ3) is 3.92. The van der Waals surface area contributed by atoms with E-state index in [1.54, 1.807) is 6.07 Å². The van der Waals surface area contributed by atoms with Crippen LogP contribution >= 0.6 is 11.6 Å². The largest absolute Gasteiger partial charge is 0.383 e. The van der Waals surface area contributed by atoms with E-state index >= 15 is 0 Å². The lowest BCUT2D eigenvalue weighted by Gasteiger charge is -2.21. The topological polar surface area (TPSA) is 39.1 Å². The first-order valence-corrected chi connectivity index (χ1v) is 6.06. The van der Waals surface area contributed by atoms with Crippen LogP contribution in [0.5, 0.6) is 0 Å². The van der Waals surface area contributed by atoms with Gasteiger partial charge < -0.3 is 10.2 Å². The molecule has 0 bridgehead atoms. The number of hydrogen-bond donors (Lipinski definition) is 1. The normalized spacial score (nSPS) is 10.6. The molecule has 0 aliphatic carbocycles. The van der Waals surface area contributed by atoms with Crippen LogP contribution in [0.3, 0.4) is 0 Å². The second kappa shape index (κ2) is 6.48. The molecule has 0 aliphatic heterocycles. The number of rotatable bonds is 5. The Kier molecular flexibility index (Phi) is 5.27. The van der Waals surface area contributed by atoms with E-state index in [0.717, 1.165) is 18.8 Å². The molecule has 17 heavy (non-hydrogen) atoms. The van der Waals surface area contributed by atoms with Gasteiger partial charge in [-0.15, -0.1) is 0 Å². The van der Waals surface area contributed by atoms with Gasteiger partial charge in [0.15, 0.2) is 0 Å². The number of halogens is 1. The highest BCUT2D eigenvalue weighted by atomic mass is 35.5. The lowest BCUT2D eigenvalue weighted by molar-refractivity contribution is 0.284. The van der Waals surface area contributed by atoms with Crippen LogP contribution in [0.4, 0.5) is 5.69 Å². The molecule has 1 N–H and O–H groups in total. The van der Waals surface area contributed by atoms with E-state index in [0.29, 0.717) is 16.6 Å². The van der Waals surface area contributed by atoms with Crippen molar-refractivity contribution in [2.75, 3.05) is 25.5 Å². The van der Waals surface area contributed by atoms with Crippen molar-refractivity contribution in [3.8, 4) is 6.07 Å². The maximum Gasteiger partial charge on any atom is 0.103 e. The highest BCUT2D eigenvalue weighted by molar-refractivity contribution is 6.32. The van der Waals surface area contributed by atoms with Gasteiger partial charge in [-0.3, -0.25) is 0 Å². The first-order chi connectivity index (χ1) is 8.06. The summed E-state index contributed by atoms with van der Waals surface area (Å²) in [6.45, 7) is 6.03. The Bertz CT molecular complexity index is 410. The minimum absolute atomic E-state index is 0.495. The minimum atomic E-state index is 0.495. The van der Waals surface area contributed by atoms with E-state index in [2.05, 4.69) is 37.2 Å². The average Bonchev–Trinajstić information content (AvgIpc) is 2.29. The second-order valence-corrected chi connectivity index (χ2v) is 4.68. The van der Waals surface area contributed by atoms with E-state index in [-0.39, 0.29) is 0 Å². The standard InChI is InChI=1S/C13H18ClN3/c1-10(2)17(3)8-7-16-13-6-4-5-12(14)11(13)9-15/h4-6,10,16H,7-8H2,1-3H3. The SMILES string of the molecule is CC(C)N(C)CCNc1cccc(Cl)c1C#N. The maximum atomic E-state index is 9.01. The summed E-state index contributed by atoms with van der Waals surface area (Å²) in [5.74, 6) is 0. The van der Waals surface area contributed by atoms with Gasteiger partial charge in [0.2, 0.25) is 0 Å². The molecule has 1 aromatic rings. The fraction of sp³-hybridized carbons (Fsp3) is 0.462. The van der Waals surface area contributed by atoms with Crippen LogP contribution in [0.15, 0.2) is 18.2 Å². The summed E-state index contributed by atoms with van der Waals surface area (Å²) in [6.07, 6.45) is 0. The molecule has 0 aliphatic rings. The van der Waals surface area contributed by atoms with Crippen LogP contribution in [-0.4, -0.2) is 31.1 Å². The number of nitriles is 1.